The van der Waals surface area contributed by atoms with Gasteiger partial charge in [-0.1, -0.05) is 64.4 Å². The van der Waals surface area contributed by atoms with Crippen LogP contribution < -0.4 is 48.7 Å². The molecule has 25 heteroatoms. The number of carbonyl (C=O) groups excluding carboxylic acids is 10. The number of pyridine rings is 1. The summed E-state index contributed by atoms with van der Waals surface area (Å²) in [5, 5.41) is 19.2. The maximum absolute atomic E-state index is 13.6. The molecular formula is C65H82N14O11. The van der Waals surface area contributed by atoms with E-state index in [1.165, 1.54) is 12.2 Å². The first-order chi connectivity index (χ1) is 43.3. The predicted molar refractivity (Wildman–Crippen MR) is 339 cm³/mol. The Balaban J connectivity index is 0.805. The van der Waals surface area contributed by atoms with E-state index in [1.54, 1.807) is 74.6 Å². The highest BCUT2D eigenvalue weighted by Gasteiger charge is 2.30. The van der Waals surface area contributed by atoms with Gasteiger partial charge in [0.05, 0.1) is 17.6 Å². The Morgan fingerprint density at radius 1 is 0.733 bits per heavy atom. The highest BCUT2D eigenvalue weighted by Crippen LogP contribution is 2.30. The van der Waals surface area contributed by atoms with Gasteiger partial charge < -0.3 is 58.3 Å². The third kappa shape index (κ3) is 20.4. The van der Waals surface area contributed by atoms with Crippen LogP contribution >= 0.6 is 0 Å². The van der Waals surface area contributed by atoms with Gasteiger partial charge in [-0.15, -0.1) is 0 Å². The molecule has 1 unspecified atom stereocenters. The third-order valence-corrected chi connectivity index (χ3v) is 15.1. The number of benzene rings is 3. The lowest BCUT2D eigenvalue weighted by Gasteiger charge is -2.28. The molecule has 3 aliphatic heterocycles. The SMILES string of the molecule is CCCN(CCC)C(=O)C1=Cc2ccc(C(=O)Nc3cnc4c(c3)CN(Cc3ccc(C(=O)NCCNC(=O)OCc5ccc(NC(=O)[C@H](CCCNC(N)=O)NC(=O)C(NC(=O)CCCCCN6C(=O)C=CC6=O)C(C)C)cc5)cc3)CC4)cc2N=C(N)C1. The van der Waals surface area contributed by atoms with Crippen molar-refractivity contribution in [3.05, 3.63) is 136 Å². The number of ether oxygens (including phenoxy) is 1. The van der Waals surface area contributed by atoms with Crippen molar-refractivity contribution >= 4 is 88.4 Å². The Hall–Kier alpha value is -9.78. The smallest absolute Gasteiger partial charge is 0.407 e. The molecule has 0 fully saturated rings. The van der Waals surface area contributed by atoms with Crippen molar-refractivity contribution in [3.8, 4) is 0 Å². The van der Waals surface area contributed by atoms with Crippen LogP contribution in [0.3, 0.4) is 0 Å². The van der Waals surface area contributed by atoms with Crippen molar-refractivity contribution in [3.63, 3.8) is 0 Å². The lowest BCUT2D eigenvalue weighted by Crippen LogP contribution is -2.54. The molecule has 25 nitrogen and oxygen atoms in total. The molecule has 0 spiro atoms. The van der Waals surface area contributed by atoms with Crippen molar-refractivity contribution in [1.29, 1.82) is 0 Å². The zero-order valence-corrected chi connectivity index (χ0v) is 51.5. The van der Waals surface area contributed by atoms with E-state index in [4.69, 9.17) is 16.2 Å². The minimum Gasteiger partial charge on any atom is -0.445 e. The minimum atomic E-state index is -1.07. The van der Waals surface area contributed by atoms with Gasteiger partial charge in [-0.25, -0.2) is 14.6 Å². The van der Waals surface area contributed by atoms with E-state index >= 15 is 0 Å². The number of anilines is 2. The zero-order chi connectivity index (χ0) is 64.7. The average Bonchev–Trinajstić information content (AvgIpc) is 1.59. The number of nitrogens with one attached hydrogen (secondary N) is 7. The van der Waals surface area contributed by atoms with Crippen LogP contribution in [-0.2, 0) is 59.6 Å². The zero-order valence-electron chi connectivity index (χ0n) is 51.5. The summed E-state index contributed by atoms with van der Waals surface area (Å²) in [6.45, 7) is 11.4. The second-order valence-electron chi connectivity index (χ2n) is 22.7. The van der Waals surface area contributed by atoms with Crippen LogP contribution in [-0.4, -0.2) is 143 Å². The molecule has 0 saturated carbocycles. The second-order valence-corrected chi connectivity index (χ2v) is 22.7. The number of hydrogen-bond acceptors (Lipinski definition) is 15. The van der Waals surface area contributed by atoms with Crippen molar-refractivity contribution < 1.29 is 52.7 Å². The van der Waals surface area contributed by atoms with Gasteiger partial charge in [0.25, 0.3) is 23.6 Å². The Kier molecular flexibility index (Phi) is 25.2. The summed E-state index contributed by atoms with van der Waals surface area (Å²) in [6, 6.07) is 18.1. The minimum absolute atomic E-state index is 0.0596. The first-order valence-corrected chi connectivity index (χ1v) is 30.6. The standard InChI is InChI=1S/C65H82N14O11/c1-5-29-78(30-6-2)63(87)47-33-45-19-20-46(35-53(45)74-54(66)36-47)60(84)73-50-34-48-39-77(32-25-51(48)71-37-50)38-42-13-17-44(18-14-42)59(83)68-27-28-70-65(89)90-40-43-15-21-49(22-16-43)72-61(85)52(11-10-26-69-64(67)88)75-62(86)58(41(3)4)76-55(80)12-8-7-9-31-79-56(81)23-24-57(79)82/h13-24,33-35,37,41,52,58H,5-12,25-32,36,38-40H2,1-4H3,(H2,66,74)(H,68,83)(H,70,89)(H,72,85)(H,73,84)(H,75,86)(H,76,80)(H3,67,69,88)/t52-,58?/m0/s1. The number of urea groups is 1. The molecule has 4 heterocycles. The lowest BCUT2D eigenvalue weighted by atomic mass is 10.0. The van der Waals surface area contributed by atoms with E-state index in [0.717, 1.165) is 47.5 Å². The number of fused-ring (bicyclic) bond motifs is 2. The molecule has 478 valence electrons. The quantitative estimate of drug-likeness (QED) is 0.0223. The first kappa shape index (κ1) is 67.7. The van der Waals surface area contributed by atoms with Gasteiger partial charge in [0.1, 0.15) is 24.5 Å². The molecule has 3 aliphatic rings. The summed E-state index contributed by atoms with van der Waals surface area (Å²) in [5.41, 5.74) is 18.6. The van der Waals surface area contributed by atoms with Gasteiger partial charge in [0.2, 0.25) is 23.6 Å². The van der Waals surface area contributed by atoms with Crippen LogP contribution in [0, 0.1) is 5.92 Å². The molecule has 1 aromatic heterocycles. The molecule has 11 amide bonds. The fourth-order valence-electron chi connectivity index (χ4n) is 10.4. The van der Waals surface area contributed by atoms with Gasteiger partial charge in [0.15, 0.2) is 0 Å². The number of unbranched alkanes of at least 4 members (excludes halogenated alkanes) is 2. The fourth-order valence-corrected chi connectivity index (χ4v) is 10.4. The number of carbonyl (C=O) groups is 10. The van der Waals surface area contributed by atoms with Crippen LogP contribution in [0.1, 0.15) is 134 Å². The van der Waals surface area contributed by atoms with Crippen LogP contribution in [0.5, 0.6) is 0 Å². The third-order valence-electron chi connectivity index (χ3n) is 15.1. The van der Waals surface area contributed by atoms with Crippen LogP contribution in [0.2, 0.25) is 0 Å². The Morgan fingerprint density at radius 3 is 2.13 bits per heavy atom. The van der Waals surface area contributed by atoms with E-state index in [1.807, 2.05) is 43.0 Å². The molecule has 0 aliphatic carbocycles. The van der Waals surface area contributed by atoms with Gasteiger partial charge in [-0.3, -0.25) is 53.1 Å². The Bertz CT molecular complexity index is 3340. The Labute approximate surface area is 523 Å². The number of alkyl carbamates (subject to hydrolysis) is 1. The summed E-state index contributed by atoms with van der Waals surface area (Å²) in [4.78, 5) is 142. The molecule has 2 atom stereocenters. The molecular weight excluding hydrogens is 1150 g/mol. The molecule has 7 rings (SSSR count). The summed E-state index contributed by atoms with van der Waals surface area (Å²) < 4.78 is 5.36. The van der Waals surface area contributed by atoms with Crippen molar-refractivity contribution in [2.24, 2.45) is 22.4 Å². The maximum Gasteiger partial charge on any atom is 0.407 e. The van der Waals surface area contributed by atoms with E-state index in [2.05, 4.69) is 52.1 Å². The van der Waals surface area contributed by atoms with Gasteiger partial charge in [0, 0.05) is 124 Å². The number of nitrogens with two attached hydrogens (primary N) is 2. The van der Waals surface area contributed by atoms with Crippen LogP contribution in [0.15, 0.2) is 102 Å². The highest BCUT2D eigenvalue weighted by molar-refractivity contribution is 6.13. The summed E-state index contributed by atoms with van der Waals surface area (Å²) >= 11 is 0. The normalized spacial score (nSPS) is 14.2. The number of nitrogens with zero attached hydrogens (tertiary/aromatic N) is 5. The van der Waals surface area contributed by atoms with E-state index < -0.39 is 36.0 Å². The predicted octanol–water partition coefficient (Wildman–Crippen LogP) is 5.47. The Morgan fingerprint density at radius 2 is 1.43 bits per heavy atom. The number of aliphatic imine (C=N–C) groups is 1. The highest BCUT2D eigenvalue weighted by atomic mass is 16.5. The fraction of sp³-hybridized carbons (Fsp3) is 0.415. The molecule has 3 aromatic carbocycles. The first-order valence-electron chi connectivity index (χ1n) is 30.6. The molecule has 0 bridgehead atoms. The summed E-state index contributed by atoms with van der Waals surface area (Å²) in [6.07, 6.45) is 9.90. The van der Waals surface area contributed by atoms with E-state index in [9.17, 15) is 47.9 Å². The number of amidine groups is 1. The summed E-state index contributed by atoms with van der Waals surface area (Å²) in [7, 11) is 0. The molecule has 0 saturated heterocycles. The lowest BCUT2D eigenvalue weighted by molar-refractivity contribution is -0.137. The van der Waals surface area contributed by atoms with Crippen LogP contribution in [0.4, 0.5) is 26.7 Å². The number of primary amides is 1. The van der Waals surface area contributed by atoms with E-state index in [0.29, 0.717) is 96.2 Å². The monoisotopic (exact) mass is 1230 g/mol. The topological polar surface area (TPSA) is 351 Å². The number of imide groups is 1. The number of aromatic nitrogens is 1. The summed E-state index contributed by atoms with van der Waals surface area (Å²) in [5.74, 6) is -2.99. The van der Waals surface area contributed by atoms with Crippen molar-refractivity contribution in [1.82, 2.24) is 46.3 Å². The van der Waals surface area contributed by atoms with E-state index in [-0.39, 0.29) is 99.8 Å². The van der Waals surface area contributed by atoms with Gasteiger partial charge in [-0.05, 0) is 110 Å². The number of rotatable bonds is 31. The van der Waals surface area contributed by atoms with Crippen molar-refractivity contribution in [2.45, 2.75) is 124 Å². The molecule has 4 aromatic rings. The maximum atomic E-state index is 13.6. The molecule has 0 radical (unpaired) electrons. The molecule has 90 heavy (non-hydrogen) atoms. The molecule has 11 N–H and O–H groups in total. The average molecular weight is 1240 g/mol. The van der Waals surface area contributed by atoms with Crippen LogP contribution in [0.25, 0.3) is 6.08 Å². The number of amides is 11. The largest absolute Gasteiger partial charge is 0.445 e. The number of hydrogen-bond donors (Lipinski definition) is 9. The van der Waals surface area contributed by atoms with Gasteiger partial charge in [-0.2, -0.15) is 0 Å². The van der Waals surface area contributed by atoms with Gasteiger partial charge >= 0.3 is 12.1 Å². The second kappa shape index (κ2) is 33.5. The van der Waals surface area contributed by atoms with Crippen molar-refractivity contribution in [2.75, 3.05) is 56.4 Å².